The zero-order valence-electron chi connectivity index (χ0n) is 64.4. The van der Waals surface area contributed by atoms with E-state index in [1.807, 2.05) is 0 Å². The van der Waals surface area contributed by atoms with Crippen LogP contribution in [-0.2, 0) is 65.4 Å². The van der Waals surface area contributed by atoms with E-state index in [4.69, 9.17) is 37.0 Å². The number of unbranched alkanes of at least 4 members (excludes halogenated alkanes) is 18. The fourth-order valence-electron chi connectivity index (χ4n) is 9.75. The van der Waals surface area contributed by atoms with Crippen LogP contribution in [0.2, 0.25) is 0 Å². The molecule has 5 unspecified atom stereocenters. The maximum absolute atomic E-state index is 13.1. The number of aliphatic hydroxyl groups excluding tert-OH is 1. The van der Waals surface area contributed by atoms with Crippen molar-refractivity contribution in [1.29, 1.82) is 0 Å². The van der Waals surface area contributed by atoms with Gasteiger partial charge in [-0.3, -0.25) is 37.3 Å². The van der Waals surface area contributed by atoms with E-state index in [1.54, 1.807) is 0 Å². The third kappa shape index (κ3) is 74.7. The normalized spacial score (nSPS) is 14.8. The van der Waals surface area contributed by atoms with Gasteiger partial charge in [0.05, 0.1) is 26.4 Å². The zero-order valence-corrected chi connectivity index (χ0v) is 66.2. The second-order valence-corrected chi connectivity index (χ2v) is 28.4. The smallest absolute Gasteiger partial charge is 0.462 e. The van der Waals surface area contributed by atoms with Crippen LogP contribution in [0, 0.1) is 0 Å². The van der Waals surface area contributed by atoms with Crippen molar-refractivity contribution in [2.45, 2.75) is 303 Å². The lowest BCUT2D eigenvalue weighted by Crippen LogP contribution is -2.30. The Balaban J connectivity index is 5.47. The lowest BCUT2D eigenvalue weighted by Gasteiger charge is -2.21. The van der Waals surface area contributed by atoms with Crippen molar-refractivity contribution in [3.05, 3.63) is 170 Å². The van der Waals surface area contributed by atoms with Gasteiger partial charge in [0, 0.05) is 25.7 Å². The van der Waals surface area contributed by atoms with Gasteiger partial charge in [0.25, 0.3) is 0 Å². The summed E-state index contributed by atoms with van der Waals surface area (Å²) >= 11 is 0. The lowest BCUT2D eigenvalue weighted by molar-refractivity contribution is -0.161. The van der Waals surface area contributed by atoms with Crippen molar-refractivity contribution >= 4 is 39.5 Å². The molecule has 104 heavy (non-hydrogen) atoms. The van der Waals surface area contributed by atoms with Gasteiger partial charge >= 0.3 is 39.5 Å². The van der Waals surface area contributed by atoms with Crippen LogP contribution in [0.5, 0.6) is 0 Å². The zero-order chi connectivity index (χ0) is 76.0. The van der Waals surface area contributed by atoms with Crippen LogP contribution >= 0.6 is 15.6 Å². The third-order valence-corrected chi connectivity index (χ3v) is 17.6. The van der Waals surface area contributed by atoms with Crippen LogP contribution in [0.4, 0.5) is 0 Å². The first-order chi connectivity index (χ1) is 50.7. The predicted octanol–water partition coefficient (Wildman–Crippen LogP) is 23.0. The van der Waals surface area contributed by atoms with E-state index in [-0.39, 0.29) is 25.7 Å². The number of aliphatic hydroxyl groups is 1. The molecule has 0 aliphatic rings. The minimum absolute atomic E-state index is 0.0518. The Morgan fingerprint density at radius 2 is 0.500 bits per heavy atom. The second kappa shape index (κ2) is 75.6. The minimum Gasteiger partial charge on any atom is -0.462 e. The summed E-state index contributed by atoms with van der Waals surface area (Å²) in [6, 6.07) is 0. The summed E-state index contributed by atoms with van der Waals surface area (Å²) in [5, 5.41) is 10.6. The number of ether oxygens (including phenoxy) is 4. The molecule has 0 saturated heterocycles. The first kappa shape index (κ1) is 98.4. The van der Waals surface area contributed by atoms with Crippen LogP contribution in [-0.4, -0.2) is 96.7 Å². The van der Waals surface area contributed by atoms with E-state index in [0.717, 1.165) is 180 Å². The van der Waals surface area contributed by atoms with E-state index >= 15 is 0 Å². The molecule has 0 radical (unpaired) electrons. The SMILES string of the molecule is CC/C=C\C/C=C\C/C=C\C/C=C\C/C=C\CCCCCC(=O)OCC(COP(=O)(O)OCC(O)COP(=O)(O)OCC(COC(=O)CCCC/C=C\C/C=C\C/C=C\C/C=C\CC)OC(=O)CCCCCCC/C=C\CCCCCC)OC(=O)CCCCCC/C=C\C/C=C\C/C=C\C/C=C\CC. The summed E-state index contributed by atoms with van der Waals surface area (Å²) in [5.74, 6) is -2.31. The van der Waals surface area contributed by atoms with Gasteiger partial charge < -0.3 is 33.8 Å². The van der Waals surface area contributed by atoms with Crippen molar-refractivity contribution < 1.29 is 80.2 Å². The highest BCUT2D eigenvalue weighted by Gasteiger charge is 2.30. The molecular weight excluding hydrogens is 1350 g/mol. The molecule has 3 N–H and O–H groups in total. The van der Waals surface area contributed by atoms with Gasteiger partial charge in [0.2, 0.25) is 0 Å². The Kier molecular flexibility index (Phi) is 71.6. The Hall–Kier alpha value is -5.58. The molecular formula is C85H138O17P2. The first-order valence-electron chi connectivity index (χ1n) is 39.4. The maximum atomic E-state index is 13.1. The van der Waals surface area contributed by atoms with Gasteiger partial charge in [0.1, 0.15) is 19.3 Å². The fourth-order valence-corrected chi connectivity index (χ4v) is 11.3. The summed E-state index contributed by atoms with van der Waals surface area (Å²) in [6.45, 7) is 4.37. The number of hydrogen-bond acceptors (Lipinski definition) is 15. The van der Waals surface area contributed by atoms with Crippen LogP contribution in [0.15, 0.2) is 170 Å². The van der Waals surface area contributed by atoms with E-state index in [0.29, 0.717) is 25.7 Å². The predicted molar refractivity (Wildman–Crippen MR) is 426 cm³/mol. The summed E-state index contributed by atoms with van der Waals surface area (Å²) in [6.07, 6.45) is 89.1. The van der Waals surface area contributed by atoms with Crippen LogP contribution in [0.3, 0.4) is 0 Å². The molecule has 19 heteroatoms. The van der Waals surface area contributed by atoms with Gasteiger partial charge in [-0.25, -0.2) is 9.13 Å². The maximum Gasteiger partial charge on any atom is 0.472 e. The number of carbonyl (C=O) groups is 4. The summed E-state index contributed by atoms with van der Waals surface area (Å²) < 4.78 is 68.5. The molecule has 17 nitrogen and oxygen atoms in total. The molecule has 0 amide bonds. The van der Waals surface area contributed by atoms with Gasteiger partial charge in [-0.2, -0.15) is 0 Å². The van der Waals surface area contributed by atoms with Gasteiger partial charge in [-0.15, -0.1) is 0 Å². The summed E-state index contributed by atoms with van der Waals surface area (Å²) in [4.78, 5) is 73.0. The number of esters is 4. The lowest BCUT2D eigenvalue weighted by atomic mass is 10.1. The number of phosphoric acid groups is 2. The molecule has 5 atom stereocenters. The topological polar surface area (TPSA) is 237 Å². The van der Waals surface area contributed by atoms with Gasteiger partial charge in [-0.1, -0.05) is 256 Å². The Labute approximate surface area is 629 Å². The molecule has 0 aromatic rings. The molecule has 0 aromatic carbocycles. The Morgan fingerprint density at radius 1 is 0.279 bits per heavy atom. The molecule has 0 spiro atoms. The number of carbonyl (C=O) groups excluding carboxylic acids is 4. The first-order valence-corrected chi connectivity index (χ1v) is 42.4. The van der Waals surface area contributed by atoms with Crippen LogP contribution in [0.25, 0.3) is 0 Å². The molecule has 0 aliphatic carbocycles. The number of hydrogen-bond donors (Lipinski definition) is 3. The average Bonchev–Trinajstić information content (AvgIpc) is 0.911. The molecule has 0 aromatic heterocycles. The third-order valence-electron chi connectivity index (χ3n) is 15.7. The largest absolute Gasteiger partial charge is 0.472 e. The molecule has 590 valence electrons. The highest BCUT2D eigenvalue weighted by Crippen LogP contribution is 2.45. The second-order valence-electron chi connectivity index (χ2n) is 25.5. The van der Waals surface area contributed by atoms with Crippen LogP contribution < -0.4 is 0 Å². The molecule has 0 heterocycles. The highest BCUT2D eigenvalue weighted by atomic mass is 31.2. The van der Waals surface area contributed by atoms with Crippen molar-refractivity contribution in [2.24, 2.45) is 0 Å². The van der Waals surface area contributed by atoms with Crippen molar-refractivity contribution in [1.82, 2.24) is 0 Å². The van der Waals surface area contributed by atoms with Crippen molar-refractivity contribution in [3.8, 4) is 0 Å². The number of rotatable bonds is 72. The monoisotopic (exact) mass is 1490 g/mol. The average molecular weight is 1490 g/mol. The van der Waals surface area contributed by atoms with E-state index in [2.05, 4.69) is 198 Å². The van der Waals surface area contributed by atoms with Crippen molar-refractivity contribution in [3.63, 3.8) is 0 Å². The standard InChI is InChI=1S/C85H138O17P2/c1-5-9-13-17-21-25-29-33-36-38-39-41-43-47-50-54-58-62-66-70-83(88)96-76-81(102-85(90)72-68-64-60-56-52-48-44-40-37-34-30-26-22-18-14-10-6-2)78-100-104(93,94)98-74-79(86)73-97-103(91,92)99-77-80(101-84(89)71-67-63-59-55-51-45-32-28-24-20-16-12-8-4)75-95-82(87)69-65-61-57-53-49-46-42-35-31-27-23-19-15-11-7-3/h9-11,13-15,21-23,25-28,32-37,39,41-42,44,47-50,53,79-81,86H,5-8,12,16-20,24,29-31,38,40,43,45-46,51-52,54-78H2,1-4H3,(H,91,92)(H,93,94)/b13-9-,14-10-,15-11-,25-21-,26-22-,27-23-,32-28-,36-33-,37-34-,41-39-,42-35-,48-44-,50-47-,53-49-. The van der Waals surface area contributed by atoms with E-state index in [1.165, 1.54) is 25.7 Å². The molecule has 0 fully saturated rings. The van der Waals surface area contributed by atoms with Crippen LogP contribution in [0.1, 0.15) is 285 Å². The van der Waals surface area contributed by atoms with Gasteiger partial charge in [0.15, 0.2) is 12.2 Å². The van der Waals surface area contributed by atoms with Crippen molar-refractivity contribution in [2.75, 3.05) is 39.6 Å². The van der Waals surface area contributed by atoms with Gasteiger partial charge in [-0.05, 0) is 173 Å². The molecule has 0 rings (SSSR count). The van der Waals surface area contributed by atoms with E-state index < -0.39 is 97.5 Å². The number of phosphoric ester groups is 2. The molecule has 0 bridgehead atoms. The minimum atomic E-state index is -5.00. The fraction of sp³-hybridized carbons (Fsp3) is 0.624. The Morgan fingerprint density at radius 3 is 0.808 bits per heavy atom. The molecule has 0 aliphatic heterocycles. The highest BCUT2D eigenvalue weighted by molar-refractivity contribution is 7.47. The Bertz CT molecular complexity index is 2640. The van der Waals surface area contributed by atoms with E-state index in [9.17, 15) is 43.2 Å². The summed E-state index contributed by atoms with van der Waals surface area (Å²) in [5.41, 5.74) is 0. The quantitative estimate of drug-likeness (QED) is 0.0169. The molecule has 0 saturated carbocycles. The summed E-state index contributed by atoms with van der Waals surface area (Å²) in [7, 11) is -10.0. The number of allylic oxidation sites excluding steroid dienone is 28.